The number of nitrogens with zero attached hydrogens (tertiary/aromatic N) is 2. The van der Waals surface area contributed by atoms with Crippen LogP contribution in [0.3, 0.4) is 0 Å². The van der Waals surface area contributed by atoms with Crippen LogP contribution < -0.4 is 9.13 Å². The lowest BCUT2D eigenvalue weighted by Crippen LogP contribution is -2.34. The zero-order chi connectivity index (χ0) is 23.7. The largest absolute Gasteiger partial charge is 0.210 e. The van der Waals surface area contributed by atoms with Crippen LogP contribution in [0.25, 0.3) is 27.9 Å². The van der Waals surface area contributed by atoms with Gasteiger partial charge in [0.1, 0.15) is 6.54 Å². The van der Waals surface area contributed by atoms with Gasteiger partial charge in [-0.25, -0.2) is 4.57 Å². The fourth-order valence-corrected chi connectivity index (χ4v) is 6.11. The lowest BCUT2D eigenvalue weighted by molar-refractivity contribution is -0.697. The van der Waals surface area contributed by atoms with E-state index in [4.69, 9.17) is 0 Å². The van der Waals surface area contributed by atoms with E-state index >= 15 is 0 Å². The van der Waals surface area contributed by atoms with Crippen molar-refractivity contribution in [3.63, 3.8) is 0 Å². The van der Waals surface area contributed by atoms with Crippen LogP contribution in [0.2, 0.25) is 0 Å². The van der Waals surface area contributed by atoms with E-state index in [0.29, 0.717) is 0 Å². The lowest BCUT2D eigenvalue weighted by atomic mass is 9.79. The van der Waals surface area contributed by atoms with Crippen LogP contribution in [0, 0.1) is 0 Å². The quantitative estimate of drug-likeness (QED) is 0.310. The Kier molecular flexibility index (Phi) is 4.61. The number of pyridine rings is 2. The first-order valence-electron chi connectivity index (χ1n) is 12.7. The number of rotatable bonds is 4. The van der Waals surface area contributed by atoms with Gasteiger partial charge in [-0.2, -0.15) is 4.57 Å². The van der Waals surface area contributed by atoms with Crippen molar-refractivity contribution in [2.45, 2.75) is 64.8 Å². The molecule has 0 saturated heterocycles. The monoisotopic (exact) mass is 446 g/mol. The average Bonchev–Trinajstić information content (AvgIpc) is 3.21. The Balaban J connectivity index is 1.50. The summed E-state index contributed by atoms with van der Waals surface area (Å²) in [6, 6.07) is 20.3. The molecule has 0 atom stereocenters. The van der Waals surface area contributed by atoms with Gasteiger partial charge in [-0.1, -0.05) is 59.2 Å². The van der Waals surface area contributed by atoms with Crippen LogP contribution in [-0.2, 0) is 17.4 Å². The predicted octanol–water partition coefficient (Wildman–Crippen LogP) is 6.66. The van der Waals surface area contributed by atoms with Crippen molar-refractivity contribution in [1.82, 2.24) is 0 Å². The molecule has 2 aliphatic rings. The highest BCUT2D eigenvalue weighted by Gasteiger charge is 2.43. The molecule has 2 nitrogen and oxygen atoms in total. The molecule has 34 heavy (non-hydrogen) atoms. The van der Waals surface area contributed by atoms with Crippen LogP contribution in [0.5, 0.6) is 0 Å². The van der Waals surface area contributed by atoms with Gasteiger partial charge in [0.05, 0.1) is 0 Å². The third-order valence-electron chi connectivity index (χ3n) is 8.23. The minimum atomic E-state index is -0.0415. The van der Waals surface area contributed by atoms with E-state index in [1.54, 1.807) is 0 Å². The van der Waals surface area contributed by atoms with Crippen LogP contribution in [0.15, 0.2) is 79.4 Å². The Morgan fingerprint density at radius 2 is 1.24 bits per heavy atom. The second-order valence-corrected chi connectivity index (χ2v) is 11.1. The Morgan fingerprint density at radius 3 is 1.85 bits per heavy atom. The zero-order valence-electron chi connectivity index (χ0n) is 21.0. The van der Waals surface area contributed by atoms with E-state index in [0.717, 1.165) is 6.54 Å². The highest BCUT2D eigenvalue weighted by molar-refractivity contribution is 5.88. The number of hydrogen-bond acceptors (Lipinski definition) is 0. The van der Waals surface area contributed by atoms with Crippen LogP contribution >= 0.6 is 0 Å². The smallest absolute Gasteiger partial charge is 0.205 e. The molecule has 4 aromatic rings. The number of aryl methyl sites for hydroxylation is 1. The molecule has 6 rings (SSSR count). The maximum absolute atomic E-state index is 2.50. The highest BCUT2D eigenvalue weighted by atomic mass is 14.9. The third kappa shape index (κ3) is 2.94. The molecule has 0 fully saturated rings. The number of fused-ring (bicyclic) bond motifs is 6. The molecular formula is C32H34N2+2. The van der Waals surface area contributed by atoms with E-state index in [9.17, 15) is 0 Å². The van der Waals surface area contributed by atoms with Crippen molar-refractivity contribution in [2.24, 2.45) is 0 Å². The molecule has 2 aromatic carbocycles. The molecule has 0 bridgehead atoms. The lowest BCUT2D eigenvalue weighted by Gasteiger charge is -2.23. The Hall–Kier alpha value is -3.26. The van der Waals surface area contributed by atoms with Gasteiger partial charge >= 0.3 is 0 Å². The SMILES string of the molecule is CCCC[n+]1ccc2c(c1)C(C)(C)c1cc3c(cc1-2)C(C)(C)c1c[n+](-c2ccccc2)ccc1-3. The average molecular weight is 447 g/mol. The van der Waals surface area contributed by atoms with Crippen LogP contribution in [0.1, 0.15) is 69.7 Å². The number of para-hydroxylation sites is 1. The Bertz CT molecular complexity index is 1430. The van der Waals surface area contributed by atoms with Gasteiger partial charge < -0.3 is 0 Å². The summed E-state index contributed by atoms with van der Waals surface area (Å²) >= 11 is 0. The van der Waals surface area contributed by atoms with E-state index < -0.39 is 0 Å². The molecule has 0 N–H and O–H groups in total. The minimum Gasteiger partial charge on any atom is -0.205 e. The first-order chi connectivity index (χ1) is 16.3. The molecule has 170 valence electrons. The van der Waals surface area contributed by atoms with Crippen molar-refractivity contribution in [3.8, 4) is 27.9 Å². The summed E-state index contributed by atoms with van der Waals surface area (Å²) in [4.78, 5) is 0. The van der Waals surface area contributed by atoms with Crippen molar-refractivity contribution >= 4 is 0 Å². The minimum absolute atomic E-state index is 0.000542. The molecule has 0 amide bonds. The van der Waals surface area contributed by atoms with Crippen molar-refractivity contribution in [1.29, 1.82) is 0 Å². The van der Waals surface area contributed by atoms with E-state index in [1.807, 2.05) is 0 Å². The molecule has 0 radical (unpaired) electrons. The maximum atomic E-state index is 2.50. The summed E-state index contributed by atoms with van der Waals surface area (Å²) in [7, 11) is 0. The predicted molar refractivity (Wildman–Crippen MR) is 138 cm³/mol. The number of benzene rings is 2. The van der Waals surface area contributed by atoms with Crippen LogP contribution in [0.4, 0.5) is 0 Å². The van der Waals surface area contributed by atoms with Gasteiger partial charge in [-0.15, -0.1) is 0 Å². The second-order valence-electron chi connectivity index (χ2n) is 11.1. The molecule has 0 saturated carbocycles. The Labute approximate surface area is 203 Å². The number of unbranched alkanes of at least 4 members (excludes halogenated alkanes) is 1. The van der Waals surface area contributed by atoms with Crippen molar-refractivity contribution in [3.05, 3.63) is 102 Å². The first kappa shape index (κ1) is 21.3. The standard InChI is InChI=1S/C32H34N2/c1-6-7-15-33-16-13-23-25-18-28-26(19-27(25)31(2,3)29(23)20-33)24-14-17-34(21-30(24)32(28,4)5)22-11-9-8-10-12-22/h8-14,16-21H,6-7,15H2,1-5H3/q+2. The van der Waals surface area contributed by atoms with Crippen LogP contribution in [-0.4, -0.2) is 0 Å². The number of hydrogen-bond donors (Lipinski definition) is 0. The van der Waals surface area contributed by atoms with E-state index in [2.05, 4.69) is 123 Å². The normalized spacial score (nSPS) is 16.0. The van der Waals surface area contributed by atoms with Crippen molar-refractivity contribution in [2.75, 3.05) is 0 Å². The molecule has 2 heteroatoms. The fraction of sp³-hybridized carbons (Fsp3) is 0.312. The molecule has 2 aromatic heterocycles. The molecule has 0 spiro atoms. The summed E-state index contributed by atoms with van der Waals surface area (Å²) in [5.41, 5.74) is 12.5. The van der Waals surface area contributed by atoms with Gasteiger partial charge in [-0.05, 0) is 45.5 Å². The van der Waals surface area contributed by atoms with E-state index in [1.165, 1.54) is 63.0 Å². The molecule has 0 unspecified atom stereocenters. The van der Waals surface area contributed by atoms with Gasteiger partial charge in [0, 0.05) is 52.6 Å². The van der Waals surface area contributed by atoms with Gasteiger partial charge in [0.25, 0.3) is 0 Å². The maximum Gasteiger partial charge on any atom is 0.210 e. The Morgan fingerprint density at radius 1 is 0.647 bits per heavy atom. The summed E-state index contributed by atoms with van der Waals surface area (Å²) in [6.45, 7) is 12.9. The number of aromatic nitrogens is 2. The van der Waals surface area contributed by atoms with E-state index in [-0.39, 0.29) is 10.8 Å². The fourth-order valence-electron chi connectivity index (χ4n) is 6.11. The second kappa shape index (κ2) is 7.37. The third-order valence-corrected chi connectivity index (χ3v) is 8.23. The van der Waals surface area contributed by atoms with Gasteiger partial charge in [-0.3, -0.25) is 0 Å². The summed E-state index contributed by atoms with van der Waals surface area (Å²) < 4.78 is 4.64. The summed E-state index contributed by atoms with van der Waals surface area (Å²) in [5, 5.41) is 0. The molecule has 2 aliphatic carbocycles. The molecule has 2 heterocycles. The van der Waals surface area contributed by atoms with Crippen molar-refractivity contribution < 1.29 is 9.13 Å². The van der Waals surface area contributed by atoms with Gasteiger partial charge in [0.15, 0.2) is 24.8 Å². The highest BCUT2D eigenvalue weighted by Crippen LogP contribution is 2.55. The van der Waals surface area contributed by atoms with Gasteiger partial charge in [0.2, 0.25) is 5.69 Å². The molecular weight excluding hydrogens is 412 g/mol. The summed E-state index contributed by atoms with van der Waals surface area (Å²) in [6.07, 6.45) is 11.7. The topological polar surface area (TPSA) is 7.76 Å². The first-order valence-corrected chi connectivity index (χ1v) is 12.7. The summed E-state index contributed by atoms with van der Waals surface area (Å²) in [5.74, 6) is 0. The zero-order valence-corrected chi connectivity index (χ0v) is 21.0. The molecule has 0 aliphatic heterocycles.